The van der Waals surface area contributed by atoms with E-state index in [4.69, 9.17) is 15.5 Å². The zero-order valence-electron chi connectivity index (χ0n) is 11.6. The van der Waals surface area contributed by atoms with E-state index in [9.17, 15) is 0 Å². The lowest BCUT2D eigenvalue weighted by atomic mass is 10.1. The van der Waals surface area contributed by atoms with Gasteiger partial charge in [-0.05, 0) is 24.6 Å². The highest BCUT2D eigenvalue weighted by Crippen LogP contribution is 2.22. The van der Waals surface area contributed by atoms with Crippen molar-refractivity contribution in [3.05, 3.63) is 35.9 Å². The first-order valence-electron chi connectivity index (χ1n) is 6.56. The summed E-state index contributed by atoms with van der Waals surface area (Å²) < 4.78 is 5.16. The largest absolute Gasteiger partial charge is 0.383 e. The number of anilines is 1. The van der Waals surface area contributed by atoms with Crippen LogP contribution in [0.2, 0.25) is 0 Å². The smallest absolute Gasteiger partial charge is 0.132 e. The number of para-hydroxylation sites is 1. The molecule has 0 atom stereocenters. The lowest BCUT2D eigenvalue weighted by Crippen LogP contribution is -2.33. The van der Waals surface area contributed by atoms with Gasteiger partial charge in [-0.2, -0.15) is 0 Å². The van der Waals surface area contributed by atoms with Crippen LogP contribution in [0, 0.1) is 6.92 Å². The first-order valence-corrected chi connectivity index (χ1v) is 6.56. The number of aryl methyl sites for hydroxylation is 1. The van der Waals surface area contributed by atoms with E-state index in [2.05, 4.69) is 24.0 Å². The Balaban J connectivity index is 2.37. The second-order valence-corrected chi connectivity index (χ2v) is 4.59. The van der Waals surface area contributed by atoms with E-state index in [-0.39, 0.29) is 0 Å². The Hall–Kier alpha value is -1.65. The summed E-state index contributed by atoms with van der Waals surface area (Å²) >= 11 is 0. The van der Waals surface area contributed by atoms with Gasteiger partial charge in [-0.1, -0.05) is 18.2 Å². The molecular weight excluding hydrogens is 238 g/mol. The first-order chi connectivity index (χ1) is 9.26. The van der Waals surface area contributed by atoms with Crippen molar-refractivity contribution in [2.45, 2.75) is 6.92 Å². The second-order valence-electron chi connectivity index (χ2n) is 4.59. The molecule has 2 N–H and O–H groups in total. The van der Waals surface area contributed by atoms with Gasteiger partial charge in [-0.25, -0.2) is 4.98 Å². The number of aromatic nitrogens is 1. The van der Waals surface area contributed by atoms with Gasteiger partial charge in [-0.15, -0.1) is 0 Å². The molecule has 0 spiro atoms. The van der Waals surface area contributed by atoms with Gasteiger partial charge in [-0.3, -0.25) is 0 Å². The topological polar surface area (TPSA) is 51.4 Å². The molecular formula is C15H21N3O. The molecule has 1 aromatic heterocycles. The Kier molecular flexibility index (Phi) is 4.71. The van der Waals surface area contributed by atoms with E-state index in [1.807, 2.05) is 18.2 Å². The van der Waals surface area contributed by atoms with Gasteiger partial charge in [0.15, 0.2) is 0 Å². The predicted molar refractivity (Wildman–Crippen MR) is 79.6 cm³/mol. The van der Waals surface area contributed by atoms with Gasteiger partial charge < -0.3 is 15.4 Å². The molecule has 0 aliphatic rings. The minimum atomic E-state index is 0.609. The molecule has 2 rings (SSSR count). The van der Waals surface area contributed by atoms with Crippen LogP contribution in [0.5, 0.6) is 0 Å². The van der Waals surface area contributed by atoms with Gasteiger partial charge in [0.25, 0.3) is 0 Å². The SMILES string of the molecule is COCCN(CCN)c1nc2ccccc2cc1C. The van der Waals surface area contributed by atoms with Crippen molar-refractivity contribution < 1.29 is 4.74 Å². The van der Waals surface area contributed by atoms with E-state index in [0.717, 1.165) is 24.4 Å². The van der Waals surface area contributed by atoms with E-state index < -0.39 is 0 Å². The highest BCUT2D eigenvalue weighted by Gasteiger charge is 2.11. The molecule has 19 heavy (non-hydrogen) atoms. The number of hydrogen-bond acceptors (Lipinski definition) is 4. The predicted octanol–water partition coefficient (Wildman–Crippen LogP) is 1.95. The number of hydrogen-bond donors (Lipinski definition) is 1. The number of nitrogens with zero attached hydrogens (tertiary/aromatic N) is 2. The summed E-state index contributed by atoms with van der Waals surface area (Å²) in [7, 11) is 1.71. The van der Waals surface area contributed by atoms with E-state index in [0.29, 0.717) is 13.2 Å². The Labute approximate surface area is 114 Å². The van der Waals surface area contributed by atoms with Crippen molar-refractivity contribution in [1.29, 1.82) is 0 Å². The zero-order valence-corrected chi connectivity index (χ0v) is 11.6. The minimum absolute atomic E-state index is 0.609. The van der Waals surface area contributed by atoms with Crippen molar-refractivity contribution in [2.75, 3.05) is 38.3 Å². The number of fused-ring (bicyclic) bond motifs is 1. The van der Waals surface area contributed by atoms with Crippen LogP contribution in [-0.2, 0) is 4.74 Å². The van der Waals surface area contributed by atoms with Crippen molar-refractivity contribution in [1.82, 2.24) is 4.98 Å². The summed E-state index contributed by atoms with van der Waals surface area (Å²) in [5.41, 5.74) is 7.88. The number of benzene rings is 1. The molecule has 0 aliphatic carbocycles. The summed E-state index contributed by atoms with van der Waals surface area (Å²) in [5.74, 6) is 1.00. The molecule has 1 heterocycles. The summed E-state index contributed by atoms with van der Waals surface area (Å²) in [6.45, 7) is 4.96. The quantitative estimate of drug-likeness (QED) is 0.861. The van der Waals surface area contributed by atoms with Gasteiger partial charge in [0.2, 0.25) is 0 Å². The molecule has 0 bridgehead atoms. The average Bonchev–Trinajstić information content (AvgIpc) is 2.43. The third-order valence-electron chi connectivity index (χ3n) is 3.15. The average molecular weight is 259 g/mol. The van der Waals surface area contributed by atoms with Gasteiger partial charge in [0.05, 0.1) is 12.1 Å². The van der Waals surface area contributed by atoms with Crippen LogP contribution in [-0.4, -0.2) is 38.3 Å². The lowest BCUT2D eigenvalue weighted by molar-refractivity contribution is 0.205. The minimum Gasteiger partial charge on any atom is -0.383 e. The Morgan fingerprint density at radius 3 is 2.79 bits per heavy atom. The molecule has 0 radical (unpaired) electrons. The summed E-state index contributed by atoms with van der Waals surface area (Å²) in [6, 6.07) is 10.3. The summed E-state index contributed by atoms with van der Waals surface area (Å²) in [6.07, 6.45) is 0. The Bertz CT molecular complexity index is 542. The first kappa shape index (κ1) is 13.8. The highest BCUT2D eigenvalue weighted by atomic mass is 16.5. The number of pyridine rings is 1. The number of nitrogens with two attached hydrogens (primary N) is 1. The fourth-order valence-corrected chi connectivity index (χ4v) is 2.21. The molecule has 102 valence electrons. The molecule has 0 saturated heterocycles. The summed E-state index contributed by atoms with van der Waals surface area (Å²) in [4.78, 5) is 6.95. The number of ether oxygens (including phenoxy) is 1. The standard InChI is InChI=1S/C15H21N3O/c1-12-11-13-5-3-4-6-14(13)17-15(12)18(8-7-16)9-10-19-2/h3-6,11H,7-10,16H2,1-2H3. The van der Waals surface area contributed by atoms with Crippen LogP contribution in [0.25, 0.3) is 10.9 Å². The molecule has 0 amide bonds. The van der Waals surface area contributed by atoms with Crippen molar-refractivity contribution in [3.8, 4) is 0 Å². The normalized spacial score (nSPS) is 10.9. The fourth-order valence-electron chi connectivity index (χ4n) is 2.21. The van der Waals surface area contributed by atoms with Crippen LogP contribution >= 0.6 is 0 Å². The zero-order chi connectivity index (χ0) is 13.7. The maximum atomic E-state index is 5.69. The van der Waals surface area contributed by atoms with Crippen LogP contribution in [0.15, 0.2) is 30.3 Å². The third-order valence-corrected chi connectivity index (χ3v) is 3.15. The molecule has 1 aromatic carbocycles. The van der Waals surface area contributed by atoms with Crippen molar-refractivity contribution in [2.24, 2.45) is 5.73 Å². The second kappa shape index (κ2) is 6.50. The van der Waals surface area contributed by atoms with Gasteiger partial charge >= 0.3 is 0 Å². The number of rotatable bonds is 6. The van der Waals surface area contributed by atoms with Crippen molar-refractivity contribution in [3.63, 3.8) is 0 Å². The molecule has 0 aliphatic heterocycles. The maximum absolute atomic E-state index is 5.69. The summed E-state index contributed by atoms with van der Waals surface area (Å²) in [5, 5.41) is 1.17. The van der Waals surface area contributed by atoms with E-state index >= 15 is 0 Å². The molecule has 4 heteroatoms. The monoisotopic (exact) mass is 259 g/mol. The molecule has 0 fully saturated rings. The van der Waals surface area contributed by atoms with E-state index in [1.165, 1.54) is 10.9 Å². The lowest BCUT2D eigenvalue weighted by Gasteiger charge is -2.24. The van der Waals surface area contributed by atoms with E-state index in [1.54, 1.807) is 7.11 Å². The van der Waals surface area contributed by atoms with Crippen LogP contribution in [0.4, 0.5) is 5.82 Å². The molecule has 0 saturated carbocycles. The Morgan fingerprint density at radius 1 is 1.26 bits per heavy atom. The van der Waals surface area contributed by atoms with Crippen molar-refractivity contribution >= 4 is 16.7 Å². The molecule has 2 aromatic rings. The van der Waals surface area contributed by atoms with Crippen LogP contribution in [0.3, 0.4) is 0 Å². The van der Waals surface area contributed by atoms with Gasteiger partial charge in [0.1, 0.15) is 5.82 Å². The highest BCUT2D eigenvalue weighted by molar-refractivity contribution is 5.81. The fraction of sp³-hybridized carbons (Fsp3) is 0.400. The molecule has 0 unspecified atom stereocenters. The number of methoxy groups -OCH3 is 1. The maximum Gasteiger partial charge on any atom is 0.132 e. The third kappa shape index (κ3) is 3.22. The Morgan fingerprint density at radius 2 is 2.05 bits per heavy atom. The van der Waals surface area contributed by atoms with Crippen LogP contribution < -0.4 is 10.6 Å². The van der Waals surface area contributed by atoms with Gasteiger partial charge in [0, 0.05) is 32.1 Å². The molecule has 4 nitrogen and oxygen atoms in total. The van der Waals surface area contributed by atoms with Crippen LogP contribution in [0.1, 0.15) is 5.56 Å².